The Labute approximate surface area is 125 Å². The first kappa shape index (κ1) is 15.3. The van der Waals surface area contributed by atoms with Gasteiger partial charge in [0.2, 0.25) is 0 Å². The first-order valence-electron chi connectivity index (χ1n) is 7.01. The molecule has 2 aromatic carbocycles. The second-order valence-corrected chi connectivity index (χ2v) is 5.14. The Balaban J connectivity index is 1.99. The van der Waals surface area contributed by atoms with Crippen LogP contribution in [0.25, 0.3) is 0 Å². The summed E-state index contributed by atoms with van der Waals surface area (Å²) in [7, 11) is 1.93. The number of nitrogens with zero attached hydrogens (tertiary/aromatic N) is 1. The predicted molar refractivity (Wildman–Crippen MR) is 85.3 cm³/mol. The number of benzene rings is 2. The van der Waals surface area contributed by atoms with Crippen LogP contribution in [-0.4, -0.2) is 25.3 Å². The molecule has 4 heteroatoms. The quantitative estimate of drug-likeness (QED) is 0.857. The highest BCUT2D eigenvalue weighted by molar-refractivity contribution is 5.55. The Bertz CT molecular complexity index is 584. The molecule has 0 unspecified atom stereocenters. The largest absolute Gasteiger partial charge is 0.395 e. The van der Waals surface area contributed by atoms with Gasteiger partial charge in [-0.1, -0.05) is 17.7 Å². The van der Waals surface area contributed by atoms with Gasteiger partial charge in [-0.3, -0.25) is 0 Å². The molecule has 112 valence electrons. The van der Waals surface area contributed by atoms with E-state index >= 15 is 0 Å². The monoisotopic (exact) mass is 288 g/mol. The lowest BCUT2D eigenvalue weighted by atomic mass is 10.1. The summed E-state index contributed by atoms with van der Waals surface area (Å²) in [5, 5.41) is 12.1. The van der Waals surface area contributed by atoms with Crippen LogP contribution < -0.4 is 10.2 Å². The summed E-state index contributed by atoms with van der Waals surface area (Å²) >= 11 is 0. The number of aliphatic hydroxyl groups is 1. The Morgan fingerprint density at radius 3 is 2.52 bits per heavy atom. The molecule has 0 saturated heterocycles. The summed E-state index contributed by atoms with van der Waals surface area (Å²) in [6.45, 7) is 3.14. The zero-order valence-electron chi connectivity index (χ0n) is 12.4. The molecule has 0 amide bonds. The minimum Gasteiger partial charge on any atom is -0.395 e. The molecule has 0 spiro atoms. The van der Waals surface area contributed by atoms with E-state index in [0.29, 0.717) is 18.7 Å². The first-order valence-corrected chi connectivity index (χ1v) is 7.01. The van der Waals surface area contributed by atoms with Gasteiger partial charge in [-0.2, -0.15) is 0 Å². The maximum absolute atomic E-state index is 13.7. The number of aryl methyl sites for hydroxylation is 1. The summed E-state index contributed by atoms with van der Waals surface area (Å²) in [6.07, 6.45) is 0. The second-order valence-electron chi connectivity index (χ2n) is 5.14. The molecule has 2 aromatic rings. The second kappa shape index (κ2) is 7.09. The van der Waals surface area contributed by atoms with Crippen LogP contribution >= 0.6 is 0 Å². The number of hydrogen-bond donors (Lipinski definition) is 2. The SMILES string of the molecule is Cc1ccc(F)c(CNc2ccc(N(C)CCO)cc2)c1. The molecule has 2 N–H and O–H groups in total. The maximum Gasteiger partial charge on any atom is 0.128 e. The van der Waals surface area contributed by atoms with Gasteiger partial charge in [-0.25, -0.2) is 4.39 Å². The first-order chi connectivity index (χ1) is 10.1. The average molecular weight is 288 g/mol. The van der Waals surface area contributed by atoms with Crippen LogP contribution in [-0.2, 0) is 6.54 Å². The van der Waals surface area contributed by atoms with E-state index in [4.69, 9.17) is 5.11 Å². The van der Waals surface area contributed by atoms with Gasteiger partial charge in [0.25, 0.3) is 0 Å². The van der Waals surface area contributed by atoms with Crippen LogP contribution in [0.1, 0.15) is 11.1 Å². The van der Waals surface area contributed by atoms with E-state index in [2.05, 4.69) is 5.32 Å². The smallest absolute Gasteiger partial charge is 0.128 e. The highest BCUT2D eigenvalue weighted by atomic mass is 19.1. The van der Waals surface area contributed by atoms with Crippen LogP contribution in [0.5, 0.6) is 0 Å². The van der Waals surface area contributed by atoms with E-state index in [0.717, 1.165) is 16.9 Å². The molecule has 0 aliphatic rings. The Morgan fingerprint density at radius 2 is 1.86 bits per heavy atom. The molecule has 0 bridgehead atoms. The van der Waals surface area contributed by atoms with E-state index < -0.39 is 0 Å². The number of likely N-dealkylation sites (N-methyl/N-ethyl adjacent to an activating group) is 1. The molecule has 0 radical (unpaired) electrons. The third kappa shape index (κ3) is 4.20. The summed E-state index contributed by atoms with van der Waals surface area (Å²) in [5.41, 5.74) is 3.69. The fourth-order valence-electron chi connectivity index (χ4n) is 2.15. The molecule has 0 fully saturated rings. The average Bonchev–Trinajstić information content (AvgIpc) is 2.49. The summed E-state index contributed by atoms with van der Waals surface area (Å²) < 4.78 is 13.7. The lowest BCUT2D eigenvalue weighted by Gasteiger charge is -2.18. The number of nitrogens with one attached hydrogen (secondary N) is 1. The molecule has 2 rings (SSSR count). The molecule has 21 heavy (non-hydrogen) atoms. The molecule has 0 saturated carbocycles. The molecule has 0 aromatic heterocycles. The third-order valence-electron chi connectivity index (χ3n) is 3.43. The fraction of sp³-hybridized carbons (Fsp3) is 0.294. The summed E-state index contributed by atoms with van der Waals surface area (Å²) in [4.78, 5) is 1.98. The zero-order chi connectivity index (χ0) is 15.2. The van der Waals surface area contributed by atoms with Gasteiger partial charge in [-0.15, -0.1) is 0 Å². The van der Waals surface area contributed by atoms with Crippen molar-refractivity contribution in [3.8, 4) is 0 Å². The van der Waals surface area contributed by atoms with Crippen LogP contribution in [0.4, 0.5) is 15.8 Å². The van der Waals surface area contributed by atoms with Gasteiger partial charge in [0, 0.05) is 37.1 Å². The number of halogens is 1. The van der Waals surface area contributed by atoms with Crippen molar-refractivity contribution in [2.45, 2.75) is 13.5 Å². The van der Waals surface area contributed by atoms with Gasteiger partial charge in [-0.05, 0) is 37.3 Å². The zero-order valence-corrected chi connectivity index (χ0v) is 12.4. The number of aliphatic hydroxyl groups excluding tert-OH is 1. The van der Waals surface area contributed by atoms with Crippen molar-refractivity contribution in [2.75, 3.05) is 30.4 Å². The highest BCUT2D eigenvalue weighted by Crippen LogP contribution is 2.18. The standard InChI is InChI=1S/C17H21FN2O/c1-13-3-8-17(18)14(11-13)12-19-15-4-6-16(7-5-15)20(2)9-10-21/h3-8,11,19,21H,9-10,12H2,1-2H3. The van der Waals surface area contributed by atoms with Crippen molar-refractivity contribution in [3.63, 3.8) is 0 Å². The fourth-order valence-corrected chi connectivity index (χ4v) is 2.15. The van der Waals surface area contributed by atoms with Crippen molar-refractivity contribution >= 4 is 11.4 Å². The number of rotatable bonds is 6. The Morgan fingerprint density at radius 1 is 1.14 bits per heavy atom. The molecule has 0 aliphatic carbocycles. The lowest BCUT2D eigenvalue weighted by Crippen LogP contribution is -2.20. The van der Waals surface area contributed by atoms with Crippen molar-refractivity contribution < 1.29 is 9.50 Å². The predicted octanol–water partition coefficient (Wildman–Crippen LogP) is 3.17. The highest BCUT2D eigenvalue weighted by Gasteiger charge is 2.03. The van der Waals surface area contributed by atoms with Crippen molar-refractivity contribution in [2.24, 2.45) is 0 Å². The van der Waals surface area contributed by atoms with E-state index in [1.807, 2.05) is 49.2 Å². The van der Waals surface area contributed by atoms with E-state index in [1.54, 1.807) is 6.07 Å². The topological polar surface area (TPSA) is 35.5 Å². The minimum absolute atomic E-state index is 0.128. The molecule has 0 heterocycles. The number of anilines is 2. The molecular formula is C17H21FN2O. The molecule has 3 nitrogen and oxygen atoms in total. The van der Waals surface area contributed by atoms with Gasteiger partial charge in [0.1, 0.15) is 5.82 Å². The number of hydrogen-bond acceptors (Lipinski definition) is 3. The normalized spacial score (nSPS) is 10.5. The van der Waals surface area contributed by atoms with Gasteiger partial charge in [0.05, 0.1) is 6.61 Å². The third-order valence-corrected chi connectivity index (χ3v) is 3.43. The van der Waals surface area contributed by atoms with E-state index in [1.165, 1.54) is 6.07 Å². The van der Waals surface area contributed by atoms with Crippen molar-refractivity contribution in [1.29, 1.82) is 0 Å². The van der Waals surface area contributed by atoms with Crippen LogP contribution in [0, 0.1) is 12.7 Å². The van der Waals surface area contributed by atoms with Crippen LogP contribution in [0.2, 0.25) is 0 Å². The summed E-state index contributed by atoms with van der Waals surface area (Å²) in [6, 6.07) is 13.0. The van der Waals surface area contributed by atoms with E-state index in [-0.39, 0.29) is 12.4 Å². The van der Waals surface area contributed by atoms with Crippen molar-refractivity contribution in [3.05, 3.63) is 59.4 Å². The minimum atomic E-state index is -0.188. The summed E-state index contributed by atoms with van der Waals surface area (Å²) in [5.74, 6) is -0.188. The van der Waals surface area contributed by atoms with Crippen LogP contribution in [0.15, 0.2) is 42.5 Å². The molecular weight excluding hydrogens is 267 g/mol. The molecule has 0 aliphatic heterocycles. The van der Waals surface area contributed by atoms with Gasteiger partial charge in [0.15, 0.2) is 0 Å². The van der Waals surface area contributed by atoms with Crippen LogP contribution in [0.3, 0.4) is 0 Å². The Hall–Kier alpha value is -2.07. The van der Waals surface area contributed by atoms with Gasteiger partial charge < -0.3 is 15.3 Å². The van der Waals surface area contributed by atoms with Crippen molar-refractivity contribution in [1.82, 2.24) is 0 Å². The maximum atomic E-state index is 13.7. The molecule has 0 atom stereocenters. The Kier molecular flexibility index (Phi) is 5.17. The lowest BCUT2D eigenvalue weighted by molar-refractivity contribution is 0.304. The van der Waals surface area contributed by atoms with Gasteiger partial charge >= 0.3 is 0 Å². The van der Waals surface area contributed by atoms with E-state index in [9.17, 15) is 4.39 Å².